The van der Waals surface area contributed by atoms with Crippen molar-refractivity contribution in [2.45, 2.75) is 13.8 Å². The van der Waals surface area contributed by atoms with Crippen molar-refractivity contribution in [3.8, 4) is 0 Å². The quantitative estimate of drug-likeness (QED) is 0.799. The van der Waals surface area contributed by atoms with Crippen LogP contribution in [-0.4, -0.2) is 37.5 Å². The number of carbonyl (C=O) groups excluding carboxylic acids is 2. The molecule has 0 heterocycles. The Morgan fingerprint density at radius 1 is 1.42 bits per heavy atom. The summed E-state index contributed by atoms with van der Waals surface area (Å²) in [5.74, 6) is -0.758. The molecule has 4 nitrogen and oxygen atoms in total. The normalized spacial score (nSPS) is 11.8. The molecule has 19 heavy (non-hydrogen) atoms. The first-order valence-corrected chi connectivity index (χ1v) is 6.75. The third-order valence-corrected chi connectivity index (χ3v) is 3.42. The predicted molar refractivity (Wildman–Crippen MR) is 77.0 cm³/mol. The minimum Gasteiger partial charge on any atom is -0.469 e. The van der Waals surface area contributed by atoms with E-state index in [9.17, 15) is 9.59 Å². The average Bonchev–Trinajstić information content (AvgIpc) is 2.39. The van der Waals surface area contributed by atoms with Gasteiger partial charge in [0, 0.05) is 23.6 Å². The molecule has 0 fully saturated rings. The lowest BCUT2D eigenvalue weighted by Gasteiger charge is -2.21. The molecule has 0 spiro atoms. The van der Waals surface area contributed by atoms with Crippen LogP contribution in [0.3, 0.4) is 0 Å². The van der Waals surface area contributed by atoms with Crippen LogP contribution in [0, 0.1) is 12.8 Å². The van der Waals surface area contributed by atoms with Gasteiger partial charge in [-0.15, -0.1) is 0 Å². The molecule has 1 atom stereocenters. The summed E-state index contributed by atoms with van der Waals surface area (Å²) >= 11 is 3.35. The van der Waals surface area contributed by atoms with Gasteiger partial charge in [-0.05, 0) is 24.6 Å². The summed E-state index contributed by atoms with van der Waals surface area (Å²) in [6.07, 6.45) is 0. The maximum atomic E-state index is 12.3. The Labute approximate surface area is 121 Å². The highest BCUT2D eigenvalue weighted by atomic mass is 79.9. The number of carbonyl (C=O) groups is 2. The molecular weight excluding hydrogens is 310 g/mol. The Bertz CT molecular complexity index is 488. The lowest BCUT2D eigenvalue weighted by Crippen LogP contribution is -2.34. The van der Waals surface area contributed by atoms with Crippen molar-refractivity contribution >= 4 is 27.8 Å². The second-order valence-electron chi connectivity index (χ2n) is 4.57. The van der Waals surface area contributed by atoms with E-state index in [1.165, 1.54) is 12.0 Å². The molecule has 0 saturated carbocycles. The first-order chi connectivity index (χ1) is 8.86. The molecule has 0 aromatic heterocycles. The topological polar surface area (TPSA) is 46.6 Å². The first-order valence-electron chi connectivity index (χ1n) is 5.96. The fourth-order valence-electron chi connectivity index (χ4n) is 1.80. The van der Waals surface area contributed by atoms with E-state index in [1.807, 2.05) is 19.1 Å². The Morgan fingerprint density at radius 2 is 2.05 bits per heavy atom. The van der Waals surface area contributed by atoms with E-state index < -0.39 is 0 Å². The van der Waals surface area contributed by atoms with Crippen molar-refractivity contribution in [2.75, 3.05) is 20.7 Å². The van der Waals surface area contributed by atoms with Crippen LogP contribution in [0.15, 0.2) is 22.7 Å². The highest BCUT2D eigenvalue weighted by molar-refractivity contribution is 9.10. The zero-order chi connectivity index (χ0) is 14.6. The molecular formula is C14H18BrNO3. The largest absolute Gasteiger partial charge is 0.469 e. The fraction of sp³-hybridized carbons (Fsp3) is 0.429. The van der Waals surface area contributed by atoms with Gasteiger partial charge in [-0.1, -0.05) is 28.9 Å². The Morgan fingerprint density at radius 3 is 2.63 bits per heavy atom. The van der Waals surface area contributed by atoms with Crippen molar-refractivity contribution in [2.24, 2.45) is 5.92 Å². The van der Waals surface area contributed by atoms with Gasteiger partial charge in [0.2, 0.25) is 0 Å². The number of esters is 1. The molecule has 0 aliphatic heterocycles. The van der Waals surface area contributed by atoms with Gasteiger partial charge in [-0.2, -0.15) is 0 Å². The molecule has 1 unspecified atom stereocenters. The summed E-state index contributed by atoms with van der Waals surface area (Å²) in [6, 6.07) is 5.56. The number of aryl methyl sites for hydroxylation is 1. The molecule has 0 N–H and O–H groups in total. The monoisotopic (exact) mass is 327 g/mol. The van der Waals surface area contributed by atoms with Crippen LogP contribution in [0.4, 0.5) is 0 Å². The van der Waals surface area contributed by atoms with Gasteiger partial charge in [0.05, 0.1) is 13.0 Å². The third kappa shape index (κ3) is 4.06. The van der Waals surface area contributed by atoms with E-state index in [2.05, 4.69) is 20.7 Å². The Kier molecular flexibility index (Phi) is 5.54. The van der Waals surface area contributed by atoms with Gasteiger partial charge in [0.25, 0.3) is 5.91 Å². The number of hydrogen-bond acceptors (Lipinski definition) is 3. The molecule has 0 saturated heterocycles. The molecule has 0 bridgehead atoms. The van der Waals surface area contributed by atoms with Gasteiger partial charge >= 0.3 is 5.97 Å². The van der Waals surface area contributed by atoms with E-state index >= 15 is 0 Å². The van der Waals surface area contributed by atoms with Crippen molar-refractivity contribution in [1.29, 1.82) is 0 Å². The number of amides is 1. The maximum absolute atomic E-state index is 12.3. The molecule has 1 rings (SSSR count). The van der Waals surface area contributed by atoms with Gasteiger partial charge in [0.1, 0.15) is 0 Å². The minimum absolute atomic E-state index is 0.102. The highest BCUT2D eigenvalue weighted by Gasteiger charge is 2.20. The minimum atomic E-state index is -0.341. The second kappa shape index (κ2) is 6.70. The summed E-state index contributed by atoms with van der Waals surface area (Å²) in [5, 5.41) is 0. The van der Waals surface area contributed by atoms with Crippen LogP contribution in [0.5, 0.6) is 0 Å². The van der Waals surface area contributed by atoms with Crippen LogP contribution >= 0.6 is 15.9 Å². The predicted octanol–water partition coefficient (Wildman–Crippen LogP) is 2.64. The smallest absolute Gasteiger partial charge is 0.310 e. The summed E-state index contributed by atoms with van der Waals surface area (Å²) < 4.78 is 5.51. The molecule has 0 aliphatic rings. The molecule has 5 heteroatoms. The van der Waals surface area contributed by atoms with Crippen LogP contribution in [0.2, 0.25) is 0 Å². The zero-order valence-corrected chi connectivity index (χ0v) is 13.2. The third-order valence-electron chi connectivity index (χ3n) is 2.93. The number of methoxy groups -OCH3 is 1. The molecule has 1 aromatic carbocycles. The second-order valence-corrected chi connectivity index (χ2v) is 5.48. The van der Waals surface area contributed by atoms with Crippen molar-refractivity contribution in [3.05, 3.63) is 33.8 Å². The highest BCUT2D eigenvalue weighted by Crippen LogP contribution is 2.18. The summed E-state index contributed by atoms with van der Waals surface area (Å²) in [5.41, 5.74) is 1.54. The van der Waals surface area contributed by atoms with E-state index in [0.717, 1.165) is 10.0 Å². The summed E-state index contributed by atoms with van der Waals surface area (Å²) in [6.45, 7) is 3.96. The van der Waals surface area contributed by atoms with E-state index in [1.54, 1.807) is 20.0 Å². The number of ether oxygens (including phenoxy) is 1. The molecule has 104 valence electrons. The number of hydrogen-bond donors (Lipinski definition) is 0. The van der Waals surface area contributed by atoms with Crippen molar-refractivity contribution < 1.29 is 14.3 Å². The molecule has 1 amide bonds. The van der Waals surface area contributed by atoms with Gasteiger partial charge < -0.3 is 9.64 Å². The lowest BCUT2D eigenvalue weighted by atomic mass is 10.1. The first kappa shape index (κ1) is 15.7. The van der Waals surface area contributed by atoms with Crippen molar-refractivity contribution in [1.82, 2.24) is 4.90 Å². The maximum Gasteiger partial charge on any atom is 0.310 e. The lowest BCUT2D eigenvalue weighted by molar-refractivity contribution is -0.145. The SMILES string of the molecule is COC(=O)C(C)CN(C)C(=O)c1cc(Br)ccc1C. The van der Waals surface area contributed by atoms with E-state index in [4.69, 9.17) is 0 Å². The summed E-state index contributed by atoms with van der Waals surface area (Å²) in [4.78, 5) is 25.2. The fourth-order valence-corrected chi connectivity index (χ4v) is 2.16. The van der Waals surface area contributed by atoms with Crippen LogP contribution in [0.1, 0.15) is 22.8 Å². The van der Waals surface area contributed by atoms with Crippen molar-refractivity contribution in [3.63, 3.8) is 0 Å². The molecule has 0 aliphatic carbocycles. The van der Waals surface area contributed by atoms with Gasteiger partial charge in [0.15, 0.2) is 0 Å². The Balaban J connectivity index is 2.82. The standard InChI is InChI=1S/C14H18BrNO3/c1-9-5-6-11(15)7-12(9)13(17)16(3)8-10(2)14(18)19-4/h5-7,10H,8H2,1-4H3. The van der Waals surface area contributed by atoms with Crippen LogP contribution in [0.25, 0.3) is 0 Å². The number of nitrogens with zero attached hydrogens (tertiary/aromatic N) is 1. The summed E-state index contributed by atoms with van der Waals surface area (Å²) in [7, 11) is 3.03. The van der Waals surface area contributed by atoms with Gasteiger partial charge in [-0.3, -0.25) is 9.59 Å². The number of benzene rings is 1. The Hall–Kier alpha value is -1.36. The average molecular weight is 328 g/mol. The van der Waals surface area contributed by atoms with Gasteiger partial charge in [-0.25, -0.2) is 0 Å². The van der Waals surface area contributed by atoms with E-state index in [0.29, 0.717) is 12.1 Å². The number of halogens is 1. The zero-order valence-electron chi connectivity index (χ0n) is 11.6. The van der Waals surface area contributed by atoms with E-state index in [-0.39, 0.29) is 17.8 Å². The number of rotatable bonds is 4. The molecule has 1 aromatic rings. The van der Waals surface area contributed by atoms with Crippen LogP contribution in [-0.2, 0) is 9.53 Å². The van der Waals surface area contributed by atoms with Crippen LogP contribution < -0.4 is 0 Å². The molecule has 0 radical (unpaired) electrons.